The van der Waals surface area contributed by atoms with Crippen molar-refractivity contribution in [2.24, 2.45) is 5.92 Å². The van der Waals surface area contributed by atoms with Crippen LogP contribution in [0.15, 0.2) is 4.79 Å². The van der Waals surface area contributed by atoms with Crippen molar-refractivity contribution in [2.75, 3.05) is 0 Å². The third-order valence-corrected chi connectivity index (χ3v) is 5.99. The van der Waals surface area contributed by atoms with Gasteiger partial charge in [0.1, 0.15) is 10.7 Å². The van der Waals surface area contributed by atoms with Crippen molar-refractivity contribution in [2.45, 2.75) is 51.3 Å². The predicted octanol–water partition coefficient (Wildman–Crippen LogP) is 4.36. The van der Waals surface area contributed by atoms with Gasteiger partial charge in [0.15, 0.2) is 0 Å². The van der Waals surface area contributed by atoms with Gasteiger partial charge in [0.25, 0.3) is 5.56 Å². The Bertz CT molecular complexity index is 706. The Morgan fingerprint density at radius 2 is 2.25 bits per heavy atom. The Kier molecular flexibility index (Phi) is 3.63. The normalized spacial score (nSPS) is 23.8. The van der Waals surface area contributed by atoms with Gasteiger partial charge in [-0.2, -0.15) is 0 Å². The smallest absolute Gasteiger partial charge is 0.259 e. The number of nitrogens with one attached hydrogen (secondary N) is 1. The van der Waals surface area contributed by atoms with E-state index < -0.39 is 0 Å². The van der Waals surface area contributed by atoms with E-state index in [1.54, 1.807) is 11.3 Å². The topological polar surface area (TPSA) is 45.8 Å². The SMILES string of the molecule is CCC(Cl)c1nc2sc3c(c2c(=O)[nH]1)CC(C)CC3C. The molecular weight excluding hydrogens is 292 g/mol. The number of H-pyrrole nitrogens is 1. The van der Waals surface area contributed by atoms with Crippen molar-refractivity contribution in [1.29, 1.82) is 0 Å². The molecule has 2 aromatic rings. The van der Waals surface area contributed by atoms with E-state index >= 15 is 0 Å². The van der Waals surface area contributed by atoms with Gasteiger partial charge in [0, 0.05) is 4.88 Å². The quantitative estimate of drug-likeness (QED) is 0.838. The molecule has 0 aliphatic heterocycles. The molecule has 2 aromatic heterocycles. The number of fused-ring (bicyclic) bond motifs is 3. The zero-order valence-electron chi connectivity index (χ0n) is 12.0. The molecule has 3 unspecified atom stereocenters. The molecule has 20 heavy (non-hydrogen) atoms. The lowest BCUT2D eigenvalue weighted by atomic mass is 9.83. The lowest BCUT2D eigenvalue weighted by molar-refractivity contribution is 0.458. The first kappa shape index (κ1) is 14.1. The van der Waals surface area contributed by atoms with Crippen molar-refractivity contribution >= 4 is 33.2 Å². The number of hydrogen-bond acceptors (Lipinski definition) is 3. The molecule has 0 fully saturated rings. The van der Waals surface area contributed by atoms with E-state index in [4.69, 9.17) is 11.6 Å². The average Bonchev–Trinajstić information content (AvgIpc) is 2.77. The van der Waals surface area contributed by atoms with Gasteiger partial charge in [0.2, 0.25) is 0 Å². The number of thiophene rings is 1. The summed E-state index contributed by atoms with van der Waals surface area (Å²) in [5.74, 6) is 1.76. The first-order valence-electron chi connectivity index (χ1n) is 7.20. The van der Waals surface area contributed by atoms with Gasteiger partial charge in [-0.1, -0.05) is 20.8 Å². The van der Waals surface area contributed by atoms with E-state index in [-0.39, 0.29) is 10.9 Å². The highest BCUT2D eigenvalue weighted by Crippen LogP contribution is 2.42. The van der Waals surface area contributed by atoms with Crippen LogP contribution in [-0.2, 0) is 6.42 Å². The molecule has 0 spiro atoms. The fourth-order valence-corrected chi connectivity index (χ4v) is 4.56. The summed E-state index contributed by atoms with van der Waals surface area (Å²) in [4.78, 5) is 22.1. The Morgan fingerprint density at radius 3 is 2.95 bits per heavy atom. The first-order chi connectivity index (χ1) is 9.51. The molecule has 0 radical (unpaired) electrons. The summed E-state index contributed by atoms with van der Waals surface area (Å²) in [5, 5.41) is 0.578. The van der Waals surface area contributed by atoms with Crippen LogP contribution in [0.1, 0.15) is 61.2 Å². The summed E-state index contributed by atoms with van der Waals surface area (Å²) in [7, 11) is 0. The molecule has 5 heteroatoms. The Balaban J connectivity index is 2.23. The van der Waals surface area contributed by atoms with Gasteiger partial charge in [-0.15, -0.1) is 22.9 Å². The number of aromatic nitrogens is 2. The summed E-state index contributed by atoms with van der Waals surface area (Å²) in [6, 6.07) is 0. The summed E-state index contributed by atoms with van der Waals surface area (Å²) in [6.07, 6.45) is 2.94. The van der Waals surface area contributed by atoms with Crippen molar-refractivity contribution in [3.63, 3.8) is 0 Å². The second-order valence-electron chi connectivity index (χ2n) is 5.90. The van der Waals surface area contributed by atoms with Crippen LogP contribution in [0.4, 0.5) is 0 Å². The number of hydrogen-bond donors (Lipinski definition) is 1. The van der Waals surface area contributed by atoms with Gasteiger partial charge < -0.3 is 4.98 Å². The van der Waals surface area contributed by atoms with Crippen LogP contribution in [0, 0.1) is 5.92 Å². The maximum absolute atomic E-state index is 12.4. The largest absolute Gasteiger partial charge is 0.309 e. The molecule has 0 saturated heterocycles. The molecule has 3 atom stereocenters. The molecule has 0 amide bonds. The number of aromatic amines is 1. The molecule has 0 bridgehead atoms. The molecule has 1 aliphatic carbocycles. The van der Waals surface area contributed by atoms with E-state index in [0.29, 0.717) is 17.7 Å². The maximum atomic E-state index is 12.4. The third-order valence-electron chi connectivity index (χ3n) is 4.12. The van der Waals surface area contributed by atoms with E-state index in [9.17, 15) is 4.79 Å². The Hall–Kier alpha value is -0.870. The number of rotatable bonds is 2. The number of nitrogens with zero attached hydrogens (tertiary/aromatic N) is 1. The molecule has 0 aromatic carbocycles. The molecular formula is C15H19ClN2OS. The zero-order valence-corrected chi connectivity index (χ0v) is 13.6. The number of halogens is 1. The second kappa shape index (κ2) is 5.15. The number of alkyl halides is 1. The summed E-state index contributed by atoms with van der Waals surface area (Å²) in [5.41, 5.74) is 1.20. The van der Waals surface area contributed by atoms with Crippen LogP contribution in [0.3, 0.4) is 0 Å². The van der Waals surface area contributed by atoms with Gasteiger partial charge in [-0.25, -0.2) is 4.98 Å². The maximum Gasteiger partial charge on any atom is 0.259 e. The van der Waals surface area contributed by atoms with Crippen LogP contribution in [0.25, 0.3) is 10.2 Å². The summed E-state index contributed by atoms with van der Waals surface area (Å²) >= 11 is 7.89. The molecule has 3 rings (SSSR count). The summed E-state index contributed by atoms with van der Waals surface area (Å²) in [6.45, 7) is 6.49. The van der Waals surface area contributed by atoms with Crippen LogP contribution < -0.4 is 5.56 Å². The molecule has 3 nitrogen and oxygen atoms in total. The molecule has 0 saturated carbocycles. The standard InChI is InChI=1S/C15H19ClN2OS/c1-4-10(16)13-17-14(19)11-9-6-7(2)5-8(3)12(9)20-15(11)18-13/h7-8,10H,4-6H2,1-3H3,(H,17,18,19). The van der Waals surface area contributed by atoms with Crippen molar-refractivity contribution in [3.8, 4) is 0 Å². The minimum atomic E-state index is -0.220. The highest BCUT2D eigenvalue weighted by molar-refractivity contribution is 7.18. The predicted molar refractivity (Wildman–Crippen MR) is 85.0 cm³/mol. The van der Waals surface area contributed by atoms with Crippen molar-refractivity contribution < 1.29 is 0 Å². The van der Waals surface area contributed by atoms with Crippen LogP contribution >= 0.6 is 22.9 Å². The van der Waals surface area contributed by atoms with E-state index in [1.165, 1.54) is 16.9 Å². The fourth-order valence-electron chi connectivity index (χ4n) is 3.18. The summed E-state index contributed by atoms with van der Waals surface area (Å²) < 4.78 is 0. The molecule has 1 N–H and O–H groups in total. The van der Waals surface area contributed by atoms with Crippen LogP contribution in [0.2, 0.25) is 0 Å². The highest BCUT2D eigenvalue weighted by atomic mass is 35.5. The van der Waals surface area contributed by atoms with E-state index in [1.807, 2.05) is 6.92 Å². The monoisotopic (exact) mass is 310 g/mol. The Morgan fingerprint density at radius 1 is 1.50 bits per heavy atom. The van der Waals surface area contributed by atoms with Crippen molar-refractivity contribution in [3.05, 3.63) is 26.6 Å². The van der Waals surface area contributed by atoms with Crippen LogP contribution in [0.5, 0.6) is 0 Å². The minimum Gasteiger partial charge on any atom is -0.309 e. The van der Waals surface area contributed by atoms with Gasteiger partial charge >= 0.3 is 0 Å². The van der Waals surface area contributed by atoms with Crippen LogP contribution in [-0.4, -0.2) is 9.97 Å². The highest BCUT2D eigenvalue weighted by Gasteiger charge is 2.28. The lowest BCUT2D eigenvalue weighted by Gasteiger charge is -2.23. The molecule has 2 heterocycles. The molecule has 1 aliphatic rings. The third kappa shape index (κ3) is 2.19. The van der Waals surface area contributed by atoms with Gasteiger partial charge in [-0.3, -0.25) is 4.79 Å². The Labute approximate surface area is 127 Å². The second-order valence-corrected chi connectivity index (χ2v) is 7.46. The molecule has 108 valence electrons. The van der Waals surface area contributed by atoms with E-state index in [2.05, 4.69) is 23.8 Å². The van der Waals surface area contributed by atoms with E-state index in [0.717, 1.165) is 23.1 Å². The minimum absolute atomic E-state index is 0.0251. The lowest BCUT2D eigenvalue weighted by Crippen LogP contribution is -2.17. The average molecular weight is 311 g/mol. The van der Waals surface area contributed by atoms with Crippen molar-refractivity contribution in [1.82, 2.24) is 9.97 Å². The fraction of sp³-hybridized carbons (Fsp3) is 0.600. The van der Waals surface area contributed by atoms with Gasteiger partial charge in [0.05, 0.1) is 10.8 Å². The zero-order chi connectivity index (χ0) is 14.4. The van der Waals surface area contributed by atoms with Gasteiger partial charge in [-0.05, 0) is 36.7 Å². The first-order valence-corrected chi connectivity index (χ1v) is 8.46.